The molecule has 0 fully saturated rings. The van der Waals surface area contributed by atoms with E-state index in [2.05, 4.69) is 40.1 Å². The van der Waals surface area contributed by atoms with Crippen LogP contribution in [0.3, 0.4) is 0 Å². The molecule has 1 atom stereocenters. The summed E-state index contributed by atoms with van der Waals surface area (Å²) < 4.78 is 9.87. The number of aryl methyl sites for hydroxylation is 1. The monoisotopic (exact) mass is 361 g/mol. The first-order valence-electron chi connectivity index (χ1n) is 8.91. The average Bonchev–Trinajstić information content (AvgIpc) is 3.23. The molecule has 0 saturated heterocycles. The minimum atomic E-state index is -0.635. The zero-order valence-corrected chi connectivity index (χ0v) is 15.0. The van der Waals surface area contributed by atoms with Gasteiger partial charge in [0.05, 0.1) is 13.3 Å². The predicted octanol–water partition coefficient (Wildman–Crippen LogP) is 4.12. The Morgan fingerprint density at radius 1 is 1.07 bits per heavy atom. The summed E-state index contributed by atoms with van der Waals surface area (Å²) >= 11 is 0. The summed E-state index contributed by atoms with van der Waals surface area (Å²) in [5.74, 6) is -1.06. The Hall–Kier alpha value is -3.21. The van der Waals surface area contributed by atoms with E-state index in [1.807, 2.05) is 18.2 Å². The molecule has 2 aromatic carbocycles. The van der Waals surface area contributed by atoms with Crippen LogP contribution in [0.5, 0.6) is 0 Å². The van der Waals surface area contributed by atoms with Crippen LogP contribution in [0.15, 0.2) is 59.1 Å². The molecule has 0 amide bonds. The number of carbonyl (C=O) groups excluding carboxylic acids is 2. The number of ketones is 1. The van der Waals surface area contributed by atoms with Crippen molar-refractivity contribution in [2.24, 2.45) is 5.92 Å². The van der Waals surface area contributed by atoms with Gasteiger partial charge in [-0.1, -0.05) is 48.5 Å². The standard InChI is InChI=1S/C22H19NO4/c1-26-22(25)19-13-23-21(27-19)20(24)18-10-9-16-11-15(7-8-17(16)12-18)14-5-3-2-4-6-14/h2-8,11,13,18H,9-10,12H2,1H3/t18-/m0/s1. The third-order valence-corrected chi connectivity index (χ3v) is 5.02. The molecule has 0 unspecified atom stereocenters. The van der Waals surface area contributed by atoms with Crippen LogP contribution in [-0.2, 0) is 17.6 Å². The summed E-state index contributed by atoms with van der Waals surface area (Å²) in [5.41, 5.74) is 4.84. The van der Waals surface area contributed by atoms with Crippen LogP contribution in [-0.4, -0.2) is 23.8 Å². The SMILES string of the molecule is COC(=O)c1cnc(C(=O)[C@H]2CCc3cc(-c4ccccc4)ccc3C2)o1. The van der Waals surface area contributed by atoms with E-state index in [9.17, 15) is 9.59 Å². The van der Waals surface area contributed by atoms with Crippen LogP contribution in [0.2, 0.25) is 0 Å². The van der Waals surface area contributed by atoms with Gasteiger partial charge in [0.1, 0.15) is 0 Å². The fourth-order valence-corrected chi connectivity index (χ4v) is 3.55. The highest BCUT2D eigenvalue weighted by molar-refractivity contribution is 5.95. The Labute approximate surface area is 157 Å². The van der Waals surface area contributed by atoms with Gasteiger partial charge in [0, 0.05) is 5.92 Å². The topological polar surface area (TPSA) is 69.4 Å². The number of nitrogens with zero attached hydrogens (tertiary/aromatic N) is 1. The average molecular weight is 361 g/mol. The highest BCUT2D eigenvalue weighted by atomic mass is 16.5. The second-order valence-electron chi connectivity index (χ2n) is 6.67. The number of benzene rings is 2. The lowest BCUT2D eigenvalue weighted by Crippen LogP contribution is -2.23. The Bertz CT molecular complexity index is 991. The van der Waals surface area contributed by atoms with E-state index in [0.717, 1.165) is 12.8 Å². The van der Waals surface area contributed by atoms with Crippen molar-refractivity contribution in [2.45, 2.75) is 19.3 Å². The Balaban J connectivity index is 1.52. The van der Waals surface area contributed by atoms with Crippen molar-refractivity contribution >= 4 is 11.8 Å². The number of ether oxygens (including phenoxy) is 1. The molecule has 0 aliphatic heterocycles. The highest BCUT2D eigenvalue weighted by Gasteiger charge is 2.29. The van der Waals surface area contributed by atoms with Crippen LogP contribution in [0.4, 0.5) is 0 Å². The van der Waals surface area contributed by atoms with Crippen molar-refractivity contribution in [1.29, 1.82) is 0 Å². The third kappa shape index (κ3) is 3.40. The van der Waals surface area contributed by atoms with Crippen molar-refractivity contribution in [3.8, 4) is 11.1 Å². The van der Waals surface area contributed by atoms with E-state index in [4.69, 9.17) is 4.42 Å². The molecule has 0 spiro atoms. The van der Waals surface area contributed by atoms with Crippen LogP contribution < -0.4 is 0 Å². The first-order valence-corrected chi connectivity index (χ1v) is 8.91. The van der Waals surface area contributed by atoms with Gasteiger partial charge in [0.15, 0.2) is 0 Å². The van der Waals surface area contributed by atoms with Gasteiger partial charge in [-0.15, -0.1) is 0 Å². The number of esters is 1. The summed E-state index contributed by atoms with van der Waals surface area (Å²) in [4.78, 5) is 28.1. The Morgan fingerprint density at radius 3 is 2.67 bits per heavy atom. The fourth-order valence-electron chi connectivity index (χ4n) is 3.55. The molecule has 1 aliphatic carbocycles. The lowest BCUT2D eigenvalue weighted by atomic mass is 9.80. The second-order valence-corrected chi connectivity index (χ2v) is 6.67. The maximum Gasteiger partial charge on any atom is 0.375 e. The number of aromatic nitrogens is 1. The Morgan fingerprint density at radius 2 is 1.89 bits per heavy atom. The van der Waals surface area contributed by atoms with Crippen molar-refractivity contribution in [3.05, 3.63) is 77.5 Å². The number of oxazole rings is 1. The van der Waals surface area contributed by atoms with Gasteiger partial charge in [0.2, 0.25) is 11.5 Å². The van der Waals surface area contributed by atoms with Crippen LogP contribution >= 0.6 is 0 Å². The van der Waals surface area contributed by atoms with Gasteiger partial charge in [-0.2, -0.15) is 0 Å². The fraction of sp³-hybridized carbons (Fsp3) is 0.227. The summed E-state index contributed by atoms with van der Waals surface area (Å²) in [5, 5.41) is 0. The molecule has 1 aromatic heterocycles. The second kappa shape index (κ2) is 7.19. The number of fused-ring (bicyclic) bond motifs is 1. The van der Waals surface area contributed by atoms with Crippen molar-refractivity contribution < 1.29 is 18.7 Å². The van der Waals surface area contributed by atoms with Gasteiger partial charge < -0.3 is 9.15 Å². The molecule has 0 bridgehead atoms. The van der Waals surface area contributed by atoms with E-state index < -0.39 is 5.97 Å². The van der Waals surface area contributed by atoms with Gasteiger partial charge in [-0.3, -0.25) is 4.79 Å². The maximum atomic E-state index is 12.7. The largest absolute Gasteiger partial charge is 0.463 e. The molecular weight excluding hydrogens is 342 g/mol. The molecule has 3 aromatic rings. The molecule has 27 heavy (non-hydrogen) atoms. The van der Waals surface area contributed by atoms with Crippen molar-refractivity contribution in [2.75, 3.05) is 7.11 Å². The zero-order chi connectivity index (χ0) is 18.8. The molecule has 0 radical (unpaired) electrons. The maximum absolute atomic E-state index is 12.7. The molecular formula is C22H19NO4. The van der Waals surface area contributed by atoms with E-state index >= 15 is 0 Å². The number of hydrogen-bond acceptors (Lipinski definition) is 5. The van der Waals surface area contributed by atoms with Gasteiger partial charge in [0.25, 0.3) is 5.89 Å². The number of methoxy groups -OCH3 is 1. The van der Waals surface area contributed by atoms with E-state index in [0.29, 0.717) is 6.42 Å². The molecule has 5 heteroatoms. The summed E-state index contributed by atoms with van der Waals surface area (Å²) in [6.45, 7) is 0. The van der Waals surface area contributed by atoms with Crippen LogP contribution in [0, 0.1) is 5.92 Å². The zero-order valence-electron chi connectivity index (χ0n) is 15.0. The quantitative estimate of drug-likeness (QED) is 0.516. The number of rotatable bonds is 4. The van der Waals surface area contributed by atoms with E-state index in [1.54, 1.807) is 0 Å². The molecule has 1 heterocycles. The summed E-state index contributed by atoms with van der Waals surface area (Å²) in [6.07, 6.45) is 3.46. The highest BCUT2D eigenvalue weighted by Crippen LogP contribution is 2.31. The molecule has 136 valence electrons. The summed E-state index contributed by atoms with van der Waals surface area (Å²) in [7, 11) is 1.26. The third-order valence-electron chi connectivity index (χ3n) is 5.02. The smallest absolute Gasteiger partial charge is 0.375 e. The number of carbonyl (C=O) groups is 2. The van der Waals surface area contributed by atoms with Gasteiger partial charge in [-0.05, 0) is 41.5 Å². The minimum Gasteiger partial charge on any atom is -0.463 e. The van der Waals surface area contributed by atoms with E-state index in [-0.39, 0.29) is 23.4 Å². The van der Waals surface area contributed by atoms with Crippen LogP contribution in [0.25, 0.3) is 11.1 Å². The normalized spacial score (nSPS) is 15.8. The van der Waals surface area contributed by atoms with Crippen LogP contribution in [0.1, 0.15) is 38.8 Å². The molecule has 1 aliphatic rings. The lowest BCUT2D eigenvalue weighted by molar-refractivity contribution is 0.0562. The predicted molar refractivity (Wildman–Crippen MR) is 99.6 cm³/mol. The molecule has 0 saturated carbocycles. The summed E-state index contributed by atoms with van der Waals surface area (Å²) in [6, 6.07) is 16.7. The molecule has 4 rings (SSSR count). The number of hydrogen-bond donors (Lipinski definition) is 0. The van der Waals surface area contributed by atoms with Crippen molar-refractivity contribution in [3.63, 3.8) is 0 Å². The molecule has 5 nitrogen and oxygen atoms in total. The molecule has 0 N–H and O–H groups in total. The number of Topliss-reactive ketones (excluding diaryl/α,β-unsaturated/α-hetero) is 1. The van der Waals surface area contributed by atoms with Gasteiger partial charge >= 0.3 is 5.97 Å². The lowest BCUT2D eigenvalue weighted by Gasteiger charge is -2.23. The first kappa shape index (κ1) is 17.2. The van der Waals surface area contributed by atoms with Gasteiger partial charge in [-0.25, -0.2) is 9.78 Å². The Kier molecular flexibility index (Phi) is 4.59. The van der Waals surface area contributed by atoms with E-state index in [1.165, 1.54) is 35.6 Å². The van der Waals surface area contributed by atoms with Crippen molar-refractivity contribution in [1.82, 2.24) is 4.98 Å². The first-order chi connectivity index (χ1) is 13.2. The minimum absolute atomic E-state index is 0.0234.